The third-order valence-electron chi connectivity index (χ3n) is 3.25. The van der Waals surface area contributed by atoms with Gasteiger partial charge in [-0.05, 0) is 45.7 Å². The van der Waals surface area contributed by atoms with E-state index in [1.54, 1.807) is 6.20 Å². The Bertz CT molecular complexity index is 390. The van der Waals surface area contributed by atoms with E-state index in [-0.39, 0.29) is 24.4 Å². The maximum absolute atomic E-state index is 11.9. The van der Waals surface area contributed by atoms with E-state index in [0.717, 1.165) is 18.1 Å². The van der Waals surface area contributed by atoms with Crippen molar-refractivity contribution < 1.29 is 4.79 Å². The highest BCUT2D eigenvalue weighted by Gasteiger charge is 2.22. The summed E-state index contributed by atoms with van der Waals surface area (Å²) in [5, 5.41) is 7.38. The smallest absolute Gasteiger partial charge is 0.263 e. The van der Waals surface area contributed by atoms with Crippen LogP contribution in [0.4, 0.5) is 0 Å². The summed E-state index contributed by atoms with van der Waals surface area (Å²) >= 11 is 1.45. The molecular formula is C12H20ClN3OS. The van der Waals surface area contributed by atoms with Crippen LogP contribution in [0.15, 0.2) is 6.20 Å². The topological polar surface area (TPSA) is 54.0 Å². The minimum absolute atomic E-state index is 0. The van der Waals surface area contributed by atoms with Crippen LogP contribution in [0.25, 0.3) is 0 Å². The van der Waals surface area contributed by atoms with Gasteiger partial charge in [0.1, 0.15) is 4.88 Å². The number of nitrogens with zero attached hydrogens (tertiary/aromatic N) is 1. The van der Waals surface area contributed by atoms with Gasteiger partial charge in [-0.2, -0.15) is 0 Å². The lowest BCUT2D eigenvalue weighted by Gasteiger charge is -2.28. The minimum Gasteiger partial charge on any atom is -0.349 e. The van der Waals surface area contributed by atoms with Crippen molar-refractivity contribution >= 4 is 29.7 Å². The second-order valence-electron chi connectivity index (χ2n) is 4.61. The van der Waals surface area contributed by atoms with Crippen LogP contribution in [-0.4, -0.2) is 30.0 Å². The maximum atomic E-state index is 11.9. The largest absolute Gasteiger partial charge is 0.349 e. The predicted octanol–water partition coefficient (Wildman–Crippen LogP) is 1.99. The van der Waals surface area contributed by atoms with Crippen molar-refractivity contribution in [3.63, 3.8) is 0 Å². The maximum Gasteiger partial charge on any atom is 0.263 e. The lowest BCUT2D eigenvalue weighted by molar-refractivity contribution is 0.0926. The Hall–Kier alpha value is -0.650. The average molecular weight is 290 g/mol. The number of halogens is 1. The van der Waals surface area contributed by atoms with E-state index in [9.17, 15) is 4.79 Å². The Balaban J connectivity index is 0.00000162. The number of piperidine rings is 1. The molecule has 102 valence electrons. The Kier molecular flexibility index (Phi) is 6.05. The lowest BCUT2D eigenvalue weighted by Crippen LogP contribution is -2.44. The number of carbonyl (C=O) groups excluding carboxylic acids is 1. The fourth-order valence-corrected chi connectivity index (χ4v) is 2.85. The van der Waals surface area contributed by atoms with Gasteiger partial charge >= 0.3 is 0 Å². The molecule has 0 bridgehead atoms. The van der Waals surface area contributed by atoms with Crippen LogP contribution in [0.1, 0.15) is 34.4 Å². The summed E-state index contributed by atoms with van der Waals surface area (Å²) in [5.41, 5.74) is 0. The summed E-state index contributed by atoms with van der Waals surface area (Å²) in [4.78, 5) is 16.8. The second kappa shape index (κ2) is 7.07. The van der Waals surface area contributed by atoms with Gasteiger partial charge in [-0.3, -0.25) is 4.79 Å². The number of aromatic nitrogens is 1. The number of rotatable bonds is 3. The molecule has 4 nitrogen and oxygen atoms in total. The van der Waals surface area contributed by atoms with E-state index >= 15 is 0 Å². The first-order valence-corrected chi connectivity index (χ1v) is 6.92. The molecule has 2 N–H and O–H groups in total. The molecule has 1 aliphatic heterocycles. The van der Waals surface area contributed by atoms with Gasteiger partial charge in [0.15, 0.2) is 0 Å². The van der Waals surface area contributed by atoms with Gasteiger partial charge in [0.2, 0.25) is 0 Å². The summed E-state index contributed by atoms with van der Waals surface area (Å²) in [7, 11) is 0. The Morgan fingerprint density at radius 3 is 3.00 bits per heavy atom. The van der Waals surface area contributed by atoms with Crippen molar-refractivity contribution in [2.24, 2.45) is 5.92 Å². The van der Waals surface area contributed by atoms with Gasteiger partial charge in [-0.25, -0.2) is 4.98 Å². The molecule has 2 unspecified atom stereocenters. The van der Waals surface area contributed by atoms with Crippen LogP contribution in [0, 0.1) is 12.8 Å². The SMILES string of the molecule is Cc1ncc(C(=O)NC(C)C2CCCNC2)s1.Cl. The number of nitrogens with one attached hydrogen (secondary N) is 2. The molecule has 0 spiro atoms. The first kappa shape index (κ1) is 15.4. The van der Waals surface area contributed by atoms with Crippen molar-refractivity contribution in [3.05, 3.63) is 16.1 Å². The van der Waals surface area contributed by atoms with Crippen molar-refractivity contribution in [2.45, 2.75) is 32.7 Å². The zero-order valence-corrected chi connectivity index (χ0v) is 12.4. The van der Waals surface area contributed by atoms with E-state index < -0.39 is 0 Å². The molecule has 6 heteroatoms. The molecule has 2 atom stereocenters. The van der Waals surface area contributed by atoms with Crippen LogP contribution in [-0.2, 0) is 0 Å². The summed E-state index contributed by atoms with van der Waals surface area (Å²) in [5.74, 6) is 0.551. The van der Waals surface area contributed by atoms with Crippen LogP contribution in [0.3, 0.4) is 0 Å². The van der Waals surface area contributed by atoms with E-state index in [4.69, 9.17) is 0 Å². The summed E-state index contributed by atoms with van der Waals surface area (Å²) < 4.78 is 0. The number of hydrogen-bond donors (Lipinski definition) is 2. The quantitative estimate of drug-likeness (QED) is 0.895. The summed E-state index contributed by atoms with van der Waals surface area (Å²) in [6, 6.07) is 0.220. The van der Waals surface area contributed by atoms with E-state index in [0.29, 0.717) is 10.8 Å². The minimum atomic E-state index is 0. The molecule has 1 aromatic rings. The van der Waals surface area contributed by atoms with Crippen LogP contribution in [0.5, 0.6) is 0 Å². The Morgan fingerprint density at radius 1 is 1.67 bits per heavy atom. The summed E-state index contributed by atoms with van der Waals surface area (Å²) in [6.45, 7) is 6.10. The molecular weight excluding hydrogens is 270 g/mol. The zero-order valence-electron chi connectivity index (χ0n) is 10.7. The van der Waals surface area contributed by atoms with Gasteiger partial charge in [0.05, 0.1) is 11.2 Å². The van der Waals surface area contributed by atoms with Gasteiger partial charge in [-0.15, -0.1) is 23.7 Å². The molecule has 0 saturated carbocycles. The Morgan fingerprint density at radius 2 is 2.44 bits per heavy atom. The van der Waals surface area contributed by atoms with E-state index in [1.807, 2.05) is 6.92 Å². The number of carbonyl (C=O) groups is 1. The molecule has 1 aromatic heterocycles. The fraction of sp³-hybridized carbons (Fsp3) is 0.667. The van der Waals surface area contributed by atoms with Gasteiger partial charge in [-0.1, -0.05) is 0 Å². The van der Waals surface area contributed by atoms with Gasteiger partial charge in [0, 0.05) is 6.04 Å². The zero-order chi connectivity index (χ0) is 12.3. The van der Waals surface area contributed by atoms with Gasteiger partial charge < -0.3 is 10.6 Å². The third kappa shape index (κ3) is 3.93. The molecule has 0 aliphatic carbocycles. The monoisotopic (exact) mass is 289 g/mol. The van der Waals surface area contributed by atoms with Crippen molar-refractivity contribution in [1.29, 1.82) is 0 Å². The molecule has 18 heavy (non-hydrogen) atoms. The summed E-state index contributed by atoms with van der Waals surface area (Å²) in [6.07, 6.45) is 4.04. The molecule has 1 amide bonds. The number of amides is 1. The van der Waals surface area contributed by atoms with Crippen molar-refractivity contribution in [3.8, 4) is 0 Å². The van der Waals surface area contributed by atoms with E-state index in [2.05, 4.69) is 22.5 Å². The van der Waals surface area contributed by atoms with Gasteiger partial charge in [0.25, 0.3) is 5.91 Å². The van der Waals surface area contributed by atoms with Crippen molar-refractivity contribution in [1.82, 2.24) is 15.6 Å². The molecule has 1 fully saturated rings. The molecule has 0 radical (unpaired) electrons. The van der Waals surface area contributed by atoms with Crippen molar-refractivity contribution in [2.75, 3.05) is 13.1 Å². The predicted molar refractivity (Wildman–Crippen MR) is 76.6 cm³/mol. The molecule has 2 rings (SSSR count). The number of hydrogen-bond acceptors (Lipinski definition) is 4. The second-order valence-corrected chi connectivity index (χ2v) is 5.85. The highest BCUT2D eigenvalue weighted by Crippen LogP contribution is 2.16. The average Bonchev–Trinajstić information content (AvgIpc) is 2.77. The third-order valence-corrected chi connectivity index (χ3v) is 4.16. The molecule has 2 heterocycles. The van der Waals surface area contributed by atoms with Crippen LogP contribution in [0.2, 0.25) is 0 Å². The van der Waals surface area contributed by atoms with Crippen LogP contribution < -0.4 is 10.6 Å². The standard InChI is InChI=1S/C12H19N3OS.ClH/c1-8(10-4-3-5-13-6-10)15-12(16)11-7-14-9(2)17-11;/h7-8,10,13H,3-6H2,1-2H3,(H,15,16);1H. The van der Waals surface area contributed by atoms with E-state index in [1.165, 1.54) is 24.2 Å². The highest BCUT2D eigenvalue weighted by molar-refractivity contribution is 7.13. The highest BCUT2D eigenvalue weighted by atomic mass is 35.5. The number of thiazole rings is 1. The number of aryl methyl sites for hydroxylation is 1. The van der Waals surface area contributed by atoms with Crippen LogP contribution >= 0.6 is 23.7 Å². The lowest BCUT2D eigenvalue weighted by atomic mass is 9.93. The normalized spacial score (nSPS) is 20.9. The Labute approximate surface area is 118 Å². The molecule has 0 aromatic carbocycles. The first-order valence-electron chi connectivity index (χ1n) is 6.11. The molecule has 1 aliphatic rings. The molecule has 1 saturated heterocycles. The fourth-order valence-electron chi connectivity index (χ4n) is 2.17. The first-order chi connectivity index (χ1) is 8.16.